The summed E-state index contributed by atoms with van der Waals surface area (Å²) in [5, 5.41) is 9.12. The number of ether oxygens (including phenoxy) is 1. The number of aryl methyl sites for hydroxylation is 1. The number of benzene rings is 1. The lowest BCUT2D eigenvalue weighted by atomic mass is 9.97. The molecule has 4 heteroatoms. The monoisotopic (exact) mass is 263 g/mol. The Bertz CT molecular complexity index is 459. The number of piperidine rings is 1. The van der Waals surface area contributed by atoms with Crippen LogP contribution in [0, 0.1) is 12.8 Å². The van der Waals surface area contributed by atoms with Crippen LogP contribution in [0.1, 0.15) is 24.0 Å². The van der Waals surface area contributed by atoms with Gasteiger partial charge in [-0.2, -0.15) is 0 Å². The van der Waals surface area contributed by atoms with E-state index in [-0.39, 0.29) is 5.92 Å². The highest BCUT2D eigenvalue weighted by Crippen LogP contribution is 2.24. The maximum Gasteiger partial charge on any atom is 0.307 e. The van der Waals surface area contributed by atoms with Gasteiger partial charge in [0.2, 0.25) is 0 Å². The van der Waals surface area contributed by atoms with E-state index in [0.717, 1.165) is 37.2 Å². The van der Waals surface area contributed by atoms with Gasteiger partial charge in [-0.3, -0.25) is 9.69 Å². The Morgan fingerprint density at radius 1 is 1.53 bits per heavy atom. The third-order valence-corrected chi connectivity index (χ3v) is 3.68. The molecule has 1 aliphatic heterocycles. The molecule has 1 aliphatic rings. The van der Waals surface area contributed by atoms with Crippen molar-refractivity contribution < 1.29 is 14.6 Å². The van der Waals surface area contributed by atoms with Gasteiger partial charge < -0.3 is 9.84 Å². The molecule has 1 heterocycles. The average molecular weight is 263 g/mol. The molecule has 19 heavy (non-hydrogen) atoms. The lowest BCUT2D eigenvalue weighted by Crippen LogP contribution is -2.38. The largest absolute Gasteiger partial charge is 0.496 e. The normalized spacial score (nSPS) is 20.2. The molecule has 1 unspecified atom stereocenters. The minimum atomic E-state index is -0.680. The number of hydrogen-bond donors (Lipinski definition) is 1. The summed E-state index contributed by atoms with van der Waals surface area (Å²) in [7, 11) is 1.67. The molecule has 0 amide bonds. The minimum Gasteiger partial charge on any atom is -0.496 e. The molecule has 1 atom stereocenters. The molecule has 1 N–H and O–H groups in total. The zero-order valence-corrected chi connectivity index (χ0v) is 11.6. The lowest BCUT2D eigenvalue weighted by molar-refractivity contribution is -0.143. The predicted octanol–water partition coefficient (Wildman–Crippen LogP) is 2.30. The number of carboxylic acids is 1. The minimum absolute atomic E-state index is 0.232. The zero-order chi connectivity index (χ0) is 13.8. The van der Waals surface area contributed by atoms with Crippen molar-refractivity contribution in [2.75, 3.05) is 20.2 Å². The fourth-order valence-electron chi connectivity index (χ4n) is 2.67. The number of rotatable bonds is 4. The second kappa shape index (κ2) is 6.06. The van der Waals surface area contributed by atoms with Crippen LogP contribution in [0.3, 0.4) is 0 Å². The number of carboxylic acid groups (broad SMARTS) is 1. The van der Waals surface area contributed by atoms with Crippen molar-refractivity contribution in [3.8, 4) is 5.75 Å². The Labute approximate surface area is 114 Å². The molecule has 4 nitrogen and oxygen atoms in total. The highest BCUT2D eigenvalue weighted by molar-refractivity contribution is 5.70. The van der Waals surface area contributed by atoms with E-state index in [1.54, 1.807) is 7.11 Å². The van der Waals surface area contributed by atoms with Crippen molar-refractivity contribution in [1.82, 2.24) is 4.90 Å². The summed E-state index contributed by atoms with van der Waals surface area (Å²) in [5.41, 5.74) is 2.33. The Hall–Kier alpha value is -1.55. The van der Waals surface area contributed by atoms with Crippen LogP contribution in [0.2, 0.25) is 0 Å². The fourth-order valence-corrected chi connectivity index (χ4v) is 2.67. The predicted molar refractivity (Wildman–Crippen MR) is 73.4 cm³/mol. The van der Waals surface area contributed by atoms with Crippen molar-refractivity contribution in [2.24, 2.45) is 5.92 Å². The molecule has 1 aromatic rings. The van der Waals surface area contributed by atoms with Crippen molar-refractivity contribution in [2.45, 2.75) is 26.3 Å². The Morgan fingerprint density at radius 2 is 2.32 bits per heavy atom. The topological polar surface area (TPSA) is 49.8 Å². The number of methoxy groups -OCH3 is 1. The van der Waals surface area contributed by atoms with Crippen LogP contribution in [0.5, 0.6) is 5.75 Å². The van der Waals surface area contributed by atoms with Crippen molar-refractivity contribution in [3.05, 3.63) is 29.3 Å². The SMILES string of the molecule is COc1ccc(C)cc1CN1CCCC(C(=O)O)C1. The summed E-state index contributed by atoms with van der Waals surface area (Å²) < 4.78 is 5.37. The summed E-state index contributed by atoms with van der Waals surface area (Å²) in [6.07, 6.45) is 1.74. The van der Waals surface area contributed by atoms with E-state index in [1.807, 2.05) is 12.1 Å². The van der Waals surface area contributed by atoms with E-state index in [0.29, 0.717) is 6.54 Å². The van der Waals surface area contributed by atoms with Crippen molar-refractivity contribution in [1.29, 1.82) is 0 Å². The number of aliphatic carboxylic acids is 1. The Morgan fingerprint density at radius 3 is 3.00 bits per heavy atom. The van der Waals surface area contributed by atoms with E-state index in [4.69, 9.17) is 9.84 Å². The van der Waals surface area contributed by atoms with Gasteiger partial charge >= 0.3 is 5.97 Å². The Kier molecular flexibility index (Phi) is 4.43. The van der Waals surface area contributed by atoms with Gasteiger partial charge in [0, 0.05) is 18.7 Å². The second-order valence-corrected chi connectivity index (χ2v) is 5.23. The summed E-state index contributed by atoms with van der Waals surface area (Å²) >= 11 is 0. The molecule has 104 valence electrons. The van der Waals surface area contributed by atoms with Crippen LogP contribution in [0.4, 0.5) is 0 Å². The maximum atomic E-state index is 11.1. The van der Waals surface area contributed by atoms with Gasteiger partial charge in [-0.15, -0.1) is 0 Å². The van der Waals surface area contributed by atoms with E-state index in [9.17, 15) is 4.79 Å². The maximum absolute atomic E-state index is 11.1. The summed E-state index contributed by atoms with van der Waals surface area (Å²) in [5.74, 6) is -0.0338. The van der Waals surface area contributed by atoms with Crippen LogP contribution in [0.15, 0.2) is 18.2 Å². The molecule has 0 spiro atoms. The highest BCUT2D eigenvalue weighted by atomic mass is 16.5. The lowest BCUT2D eigenvalue weighted by Gasteiger charge is -2.31. The number of carbonyl (C=O) groups is 1. The molecule has 1 fully saturated rings. The van der Waals surface area contributed by atoms with Gasteiger partial charge in [-0.05, 0) is 32.4 Å². The third kappa shape index (κ3) is 3.47. The molecular formula is C15H21NO3. The van der Waals surface area contributed by atoms with E-state index < -0.39 is 5.97 Å². The first-order valence-corrected chi connectivity index (χ1v) is 6.69. The first-order chi connectivity index (χ1) is 9.10. The number of hydrogen-bond acceptors (Lipinski definition) is 3. The van der Waals surface area contributed by atoms with E-state index in [1.165, 1.54) is 5.56 Å². The van der Waals surface area contributed by atoms with Gasteiger partial charge in [-0.25, -0.2) is 0 Å². The average Bonchev–Trinajstić information content (AvgIpc) is 2.39. The summed E-state index contributed by atoms with van der Waals surface area (Å²) in [6, 6.07) is 6.12. The van der Waals surface area contributed by atoms with Crippen LogP contribution < -0.4 is 4.74 Å². The van der Waals surface area contributed by atoms with Crippen LogP contribution in [-0.4, -0.2) is 36.2 Å². The molecular weight excluding hydrogens is 242 g/mol. The Balaban J connectivity index is 2.08. The van der Waals surface area contributed by atoms with Gasteiger partial charge in [0.15, 0.2) is 0 Å². The van der Waals surface area contributed by atoms with Gasteiger partial charge in [0.05, 0.1) is 13.0 Å². The van der Waals surface area contributed by atoms with Crippen LogP contribution in [0.25, 0.3) is 0 Å². The van der Waals surface area contributed by atoms with E-state index in [2.05, 4.69) is 17.9 Å². The number of nitrogens with zero attached hydrogens (tertiary/aromatic N) is 1. The number of likely N-dealkylation sites (tertiary alicyclic amines) is 1. The highest BCUT2D eigenvalue weighted by Gasteiger charge is 2.25. The summed E-state index contributed by atoms with van der Waals surface area (Å²) in [6.45, 7) is 4.40. The fraction of sp³-hybridized carbons (Fsp3) is 0.533. The smallest absolute Gasteiger partial charge is 0.307 e. The molecule has 1 aromatic carbocycles. The third-order valence-electron chi connectivity index (χ3n) is 3.68. The van der Waals surface area contributed by atoms with Crippen LogP contribution >= 0.6 is 0 Å². The first-order valence-electron chi connectivity index (χ1n) is 6.69. The molecule has 0 bridgehead atoms. The van der Waals surface area contributed by atoms with Gasteiger partial charge in [-0.1, -0.05) is 17.7 Å². The van der Waals surface area contributed by atoms with Crippen molar-refractivity contribution >= 4 is 5.97 Å². The molecule has 2 rings (SSSR count). The molecule has 1 saturated heterocycles. The van der Waals surface area contributed by atoms with Crippen molar-refractivity contribution in [3.63, 3.8) is 0 Å². The molecule has 0 aliphatic carbocycles. The summed E-state index contributed by atoms with van der Waals surface area (Å²) in [4.78, 5) is 13.3. The standard InChI is InChI=1S/C15H21NO3/c1-11-5-6-14(19-2)13(8-11)10-16-7-3-4-12(9-16)15(17)18/h5-6,8,12H,3-4,7,9-10H2,1-2H3,(H,17,18). The second-order valence-electron chi connectivity index (χ2n) is 5.23. The van der Waals surface area contributed by atoms with E-state index >= 15 is 0 Å². The zero-order valence-electron chi connectivity index (χ0n) is 11.6. The van der Waals surface area contributed by atoms with Crippen LogP contribution in [-0.2, 0) is 11.3 Å². The molecule has 0 saturated carbocycles. The quantitative estimate of drug-likeness (QED) is 0.905. The van der Waals surface area contributed by atoms with Gasteiger partial charge in [0.1, 0.15) is 5.75 Å². The molecule has 0 aromatic heterocycles. The molecule has 0 radical (unpaired) electrons. The van der Waals surface area contributed by atoms with Gasteiger partial charge in [0.25, 0.3) is 0 Å². The first kappa shape index (κ1) is 13.9.